The number of hydrogen-bond donors (Lipinski definition) is 1. The first kappa shape index (κ1) is 24.0. The molecular weight excluding hydrogens is 474 g/mol. The fourth-order valence-corrected chi connectivity index (χ4v) is 5.65. The molecule has 1 aromatic heterocycles. The number of aryl methyl sites for hydroxylation is 1. The highest BCUT2D eigenvalue weighted by atomic mass is 32.2. The van der Waals surface area contributed by atoms with Gasteiger partial charge in [-0.3, -0.25) is 0 Å². The Bertz CT molecular complexity index is 1300. The number of alkyl halides is 3. The lowest BCUT2D eigenvalue weighted by molar-refractivity contribution is -0.140. The molecule has 0 spiro atoms. The highest BCUT2D eigenvalue weighted by Crippen LogP contribution is 2.33. The van der Waals surface area contributed by atoms with Crippen LogP contribution in [0.1, 0.15) is 22.1 Å². The summed E-state index contributed by atoms with van der Waals surface area (Å²) in [6.07, 6.45) is -3.90. The normalized spacial score (nSPS) is 13.8. The van der Waals surface area contributed by atoms with Crippen LogP contribution in [0.4, 0.5) is 17.6 Å². The molecule has 3 rings (SSSR count). The summed E-state index contributed by atoms with van der Waals surface area (Å²) >= 11 is 0. The largest absolute Gasteiger partial charge is 0.468 e. The Balaban J connectivity index is 1.94. The highest BCUT2D eigenvalue weighted by Gasteiger charge is 2.36. The van der Waals surface area contributed by atoms with Gasteiger partial charge in [-0.05, 0) is 49.4 Å². The second kappa shape index (κ2) is 8.68. The van der Waals surface area contributed by atoms with Gasteiger partial charge in [0.15, 0.2) is 9.84 Å². The molecule has 0 aliphatic rings. The van der Waals surface area contributed by atoms with Gasteiger partial charge in [-0.15, -0.1) is 0 Å². The molecule has 1 heterocycles. The van der Waals surface area contributed by atoms with Gasteiger partial charge < -0.3 is 4.42 Å². The molecule has 1 atom stereocenters. The Kier molecular flexibility index (Phi) is 6.50. The van der Waals surface area contributed by atoms with Crippen molar-refractivity contribution in [3.8, 4) is 0 Å². The van der Waals surface area contributed by atoms with Crippen LogP contribution in [-0.2, 0) is 26.0 Å². The van der Waals surface area contributed by atoms with E-state index in [9.17, 15) is 34.4 Å². The monoisotopic (exact) mass is 491 g/mol. The van der Waals surface area contributed by atoms with E-state index in [1.807, 2.05) is 4.72 Å². The standard InChI is InChI=1S/C20H17F4NO5S2/c1-13-4-6-14(7-5-13)31(26,27)19(18-3-2-10-30-18)12-25-32(28,29)15-8-9-17(21)16(11-15)20(22,23)24/h2-11,19,25H,12H2,1H3/t19-/m1/s1. The van der Waals surface area contributed by atoms with Crippen molar-refractivity contribution >= 4 is 19.9 Å². The molecule has 1 N–H and O–H groups in total. The van der Waals surface area contributed by atoms with E-state index < -0.39 is 54.1 Å². The third-order valence-corrected chi connectivity index (χ3v) is 8.10. The Morgan fingerprint density at radius 1 is 0.969 bits per heavy atom. The number of rotatable bonds is 7. The maximum atomic E-state index is 13.5. The van der Waals surface area contributed by atoms with Crippen LogP contribution in [0.2, 0.25) is 0 Å². The minimum absolute atomic E-state index is 0.0663. The van der Waals surface area contributed by atoms with Crippen molar-refractivity contribution < 1.29 is 38.8 Å². The van der Waals surface area contributed by atoms with E-state index in [1.54, 1.807) is 19.1 Å². The Morgan fingerprint density at radius 3 is 2.16 bits per heavy atom. The maximum absolute atomic E-state index is 13.5. The van der Waals surface area contributed by atoms with Crippen LogP contribution in [-0.4, -0.2) is 23.4 Å². The summed E-state index contributed by atoms with van der Waals surface area (Å²) < 4.78 is 111. The van der Waals surface area contributed by atoms with Gasteiger partial charge in [0, 0.05) is 6.54 Å². The molecule has 12 heteroatoms. The zero-order valence-electron chi connectivity index (χ0n) is 16.4. The molecule has 0 radical (unpaired) electrons. The molecule has 6 nitrogen and oxygen atoms in total. The Hall–Kier alpha value is -2.70. The minimum atomic E-state index is -5.11. The topological polar surface area (TPSA) is 93.5 Å². The SMILES string of the molecule is Cc1ccc(S(=O)(=O)[C@H](CNS(=O)(=O)c2ccc(F)c(C(F)(F)F)c2)c2ccco2)cc1. The molecule has 0 aliphatic carbocycles. The highest BCUT2D eigenvalue weighted by molar-refractivity contribution is 7.92. The Labute approximate surface area is 181 Å². The van der Waals surface area contributed by atoms with Gasteiger partial charge in [0.2, 0.25) is 10.0 Å². The second-order valence-electron chi connectivity index (χ2n) is 6.85. The van der Waals surface area contributed by atoms with Crippen LogP contribution in [0.15, 0.2) is 75.1 Å². The summed E-state index contributed by atoms with van der Waals surface area (Å²) in [6.45, 7) is 1.03. The molecule has 32 heavy (non-hydrogen) atoms. The molecule has 0 bridgehead atoms. The van der Waals surface area contributed by atoms with Gasteiger partial charge in [0.1, 0.15) is 16.8 Å². The average Bonchev–Trinajstić information content (AvgIpc) is 3.21. The van der Waals surface area contributed by atoms with E-state index in [2.05, 4.69) is 0 Å². The fourth-order valence-electron chi connectivity index (χ4n) is 2.89. The van der Waals surface area contributed by atoms with Crippen molar-refractivity contribution in [2.75, 3.05) is 6.54 Å². The minimum Gasteiger partial charge on any atom is -0.468 e. The zero-order chi connectivity index (χ0) is 23.7. The van der Waals surface area contributed by atoms with Crippen LogP contribution in [0.5, 0.6) is 0 Å². The lowest BCUT2D eigenvalue weighted by Crippen LogP contribution is -2.32. The van der Waals surface area contributed by atoms with Crippen molar-refractivity contribution in [2.24, 2.45) is 0 Å². The number of furan rings is 1. The van der Waals surface area contributed by atoms with Crippen LogP contribution >= 0.6 is 0 Å². The summed E-state index contributed by atoms with van der Waals surface area (Å²) in [5.74, 6) is -1.70. The van der Waals surface area contributed by atoms with E-state index >= 15 is 0 Å². The summed E-state index contributed by atoms with van der Waals surface area (Å²) in [4.78, 5) is -0.956. The molecule has 0 unspecified atom stereocenters. The lowest BCUT2D eigenvalue weighted by Gasteiger charge is -2.17. The van der Waals surface area contributed by atoms with Gasteiger partial charge in [0.05, 0.1) is 21.6 Å². The van der Waals surface area contributed by atoms with E-state index in [1.165, 1.54) is 30.5 Å². The quantitative estimate of drug-likeness (QED) is 0.499. The predicted octanol–water partition coefficient (Wildman–Crippen LogP) is 4.24. The Morgan fingerprint density at radius 2 is 1.59 bits per heavy atom. The van der Waals surface area contributed by atoms with Gasteiger partial charge in [0.25, 0.3) is 0 Å². The lowest BCUT2D eigenvalue weighted by atomic mass is 10.2. The molecule has 0 fully saturated rings. The number of hydrogen-bond acceptors (Lipinski definition) is 5. The summed E-state index contributed by atoms with van der Waals surface area (Å²) in [7, 11) is -8.76. The third-order valence-electron chi connectivity index (χ3n) is 4.60. The van der Waals surface area contributed by atoms with E-state index in [0.717, 1.165) is 5.56 Å². The molecule has 0 amide bonds. The molecule has 2 aromatic carbocycles. The van der Waals surface area contributed by atoms with Crippen molar-refractivity contribution in [2.45, 2.75) is 28.1 Å². The number of benzene rings is 2. The first-order chi connectivity index (χ1) is 14.8. The number of sulfonamides is 1. The molecule has 0 saturated carbocycles. The number of sulfone groups is 1. The van der Waals surface area contributed by atoms with Crippen LogP contribution in [0.3, 0.4) is 0 Å². The molecule has 3 aromatic rings. The van der Waals surface area contributed by atoms with Crippen LogP contribution in [0, 0.1) is 12.7 Å². The molecule has 172 valence electrons. The smallest absolute Gasteiger partial charge is 0.419 e. The molecule has 0 saturated heterocycles. The van der Waals surface area contributed by atoms with E-state index in [-0.39, 0.29) is 16.7 Å². The van der Waals surface area contributed by atoms with Gasteiger partial charge >= 0.3 is 6.18 Å². The number of halogens is 4. The van der Waals surface area contributed by atoms with Crippen molar-refractivity contribution in [3.63, 3.8) is 0 Å². The van der Waals surface area contributed by atoms with Crippen molar-refractivity contribution in [1.82, 2.24) is 4.72 Å². The van der Waals surface area contributed by atoms with Crippen LogP contribution < -0.4 is 4.72 Å². The third kappa shape index (κ3) is 5.03. The molecular formula is C20H17F4NO5S2. The first-order valence-electron chi connectivity index (χ1n) is 9.03. The van der Waals surface area contributed by atoms with Gasteiger partial charge in [-0.25, -0.2) is 25.9 Å². The number of nitrogens with one attached hydrogen (secondary N) is 1. The second-order valence-corrected chi connectivity index (χ2v) is 10.8. The van der Waals surface area contributed by atoms with E-state index in [4.69, 9.17) is 4.42 Å². The zero-order valence-corrected chi connectivity index (χ0v) is 18.1. The summed E-state index contributed by atoms with van der Waals surface area (Å²) in [6, 6.07) is 9.76. The van der Waals surface area contributed by atoms with Crippen molar-refractivity contribution in [3.05, 3.63) is 83.6 Å². The fraction of sp³-hybridized carbons (Fsp3) is 0.200. The first-order valence-corrected chi connectivity index (χ1v) is 12.1. The van der Waals surface area contributed by atoms with Crippen molar-refractivity contribution in [1.29, 1.82) is 0 Å². The van der Waals surface area contributed by atoms with Gasteiger partial charge in [-0.1, -0.05) is 17.7 Å². The van der Waals surface area contributed by atoms with E-state index in [0.29, 0.717) is 12.1 Å². The van der Waals surface area contributed by atoms with Crippen LogP contribution in [0.25, 0.3) is 0 Å². The molecule has 0 aliphatic heterocycles. The maximum Gasteiger partial charge on any atom is 0.419 e. The van der Waals surface area contributed by atoms with Gasteiger partial charge in [-0.2, -0.15) is 13.2 Å². The summed E-state index contributed by atoms with van der Waals surface area (Å²) in [5, 5.41) is -1.50. The predicted molar refractivity (Wildman–Crippen MR) is 106 cm³/mol. The average molecular weight is 491 g/mol. The summed E-state index contributed by atoms with van der Waals surface area (Å²) in [5.41, 5.74) is -0.953.